The third-order valence-electron chi connectivity index (χ3n) is 4.54. The summed E-state index contributed by atoms with van der Waals surface area (Å²) in [4.78, 5) is 4.29. The van der Waals surface area contributed by atoms with Gasteiger partial charge < -0.3 is 11.1 Å². The Morgan fingerprint density at radius 2 is 1.54 bits per heavy atom. The van der Waals surface area contributed by atoms with Gasteiger partial charge in [0, 0.05) is 11.9 Å². The first kappa shape index (κ1) is 16.2. The number of aryl methyl sites for hydroxylation is 2. The Kier molecular flexibility index (Phi) is 4.52. The van der Waals surface area contributed by atoms with Gasteiger partial charge in [0.1, 0.15) is 0 Å². The van der Waals surface area contributed by atoms with Crippen LogP contribution < -0.4 is 11.1 Å². The predicted molar refractivity (Wildman–Crippen MR) is 110 cm³/mol. The van der Waals surface area contributed by atoms with Crippen molar-refractivity contribution in [2.24, 2.45) is 0 Å². The van der Waals surface area contributed by atoms with E-state index in [2.05, 4.69) is 71.0 Å². The monoisotopic (exact) mass is 339 g/mol. The molecule has 1 aromatic heterocycles. The van der Waals surface area contributed by atoms with Gasteiger partial charge >= 0.3 is 0 Å². The number of nitrogens with zero attached hydrogens (tertiary/aromatic N) is 1. The molecule has 0 saturated carbocycles. The van der Waals surface area contributed by atoms with Crippen molar-refractivity contribution in [3.63, 3.8) is 0 Å². The van der Waals surface area contributed by atoms with Crippen LogP contribution in [0, 0.1) is 0 Å². The first-order valence-corrected chi connectivity index (χ1v) is 8.82. The fourth-order valence-electron chi connectivity index (χ4n) is 3.15. The van der Waals surface area contributed by atoms with Gasteiger partial charge in [-0.25, -0.2) is 4.98 Å². The molecule has 0 bridgehead atoms. The largest absolute Gasteiger partial charge is 0.396 e. The molecule has 3 aromatic carbocycles. The zero-order valence-electron chi connectivity index (χ0n) is 14.5. The lowest BCUT2D eigenvalue weighted by molar-refractivity contribution is 0.963. The Bertz CT molecular complexity index is 1040. The summed E-state index contributed by atoms with van der Waals surface area (Å²) >= 11 is 0. The fraction of sp³-hybridized carbons (Fsp3) is 0.0870. The van der Waals surface area contributed by atoms with Crippen molar-refractivity contribution in [2.75, 3.05) is 11.1 Å². The van der Waals surface area contributed by atoms with Crippen LogP contribution in [-0.4, -0.2) is 4.98 Å². The van der Waals surface area contributed by atoms with E-state index in [0.717, 1.165) is 18.5 Å². The molecule has 0 fully saturated rings. The van der Waals surface area contributed by atoms with Gasteiger partial charge in [-0.05, 0) is 59.0 Å². The Morgan fingerprint density at radius 1 is 0.731 bits per heavy atom. The molecule has 0 aliphatic carbocycles. The standard InChI is InChI=1S/C23H21N3/c24-22-9-4-14-25-23(22)26-21-8-3-5-17(16-21)10-11-18-12-13-19-6-1-2-7-20(19)15-18/h1-9,12-16H,10-11,24H2,(H,25,26). The van der Waals surface area contributed by atoms with E-state index in [1.54, 1.807) is 6.20 Å². The van der Waals surface area contributed by atoms with Crippen LogP contribution in [-0.2, 0) is 12.8 Å². The van der Waals surface area contributed by atoms with Crippen molar-refractivity contribution in [2.45, 2.75) is 12.8 Å². The molecular weight excluding hydrogens is 318 g/mol. The molecule has 0 unspecified atom stereocenters. The van der Waals surface area contributed by atoms with Crippen LogP contribution in [0.4, 0.5) is 17.2 Å². The van der Waals surface area contributed by atoms with Crippen LogP contribution in [0.25, 0.3) is 10.8 Å². The third-order valence-corrected chi connectivity index (χ3v) is 4.54. The highest BCUT2D eigenvalue weighted by Crippen LogP contribution is 2.22. The smallest absolute Gasteiger partial charge is 0.153 e. The predicted octanol–water partition coefficient (Wildman–Crippen LogP) is 5.35. The van der Waals surface area contributed by atoms with E-state index in [1.165, 1.54) is 21.9 Å². The zero-order valence-corrected chi connectivity index (χ0v) is 14.5. The minimum atomic E-state index is 0.647. The molecular formula is C23H21N3. The maximum atomic E-state index is 5.96. The van der Waals surface area contributed by atoms with Gasteiger partial charge in [0.05, 0.1) is 5.69 Å². The zero-order chi connectivity index (χ0) is 17.8. The number of rotatable bonds is 5. The first-order chi connectivity index (χ1) is 12.8. The molecule has 0 saturated heterocycles. The van der Waals surface area contributed by atoms with Crippen LogP contribution >= 0.6 is 0 Å². The van der Waals surface area contributed by atoms with E-state index in [1.807, 2.05) is 18.2 Å². The lowest BCUT2D eigenvalue weighted by Crippen LogP contribution is -1.99. The van der Waals surface area contributed by atoms with Gasteiger partial charge in [-0.3, -0.25) is 0 Å². The Hall–Kier alpha value is -3.33. The van der Waals surface area contributed by atoms with E-state index in [4.69, 9.17) is 5.73 Å². The molecule has 0 amide bonds. The van der Waals surface area contributed by atoms with Crippen LogP contribution in [0.15, 0.2) is 85.1 Å². The van der Waals surface area contributed by atoms with Gasteiger partial charge in [0.25, 0.3) is 0 Å². The van der Waals surface area contributed by atoms with Crippen molar-refractivity contribution >= 4 is 28.0 Å². The minimum absolute atomic E-state index is 0.647. The number of fused-ring (bicyclic) bond motifs is 1. The molecule has 128 valence electrons. The first-order valence-electron chi connectivity index (χ1n) is 8.82. The number of nitrogen functional groups attached to an aromatic ring is 1. The second-order valence-electron chi connectivity index (χ2n) is 6.45. The van der Waals surface area contributed by atoms with Gasteiger partial charge in [0.15, 0.2) is 5.82 Å². The molecule has 1 heterocycles. The number of pyridine rings is 1. The molecule has 0 atom stereocenters. The molecule has 3 N–H and O–H groups in total. The van der Waals surface area contributed by atoms with Crippen molar-refractivity contribution < 1.29 is 0 Å². The normalized spacial score (nSPS) is 10.8. The maximum absolute atomic E-state index is 5.96. The highest BCUT2D eigenvalue weighted by atomic mass is 15.0. The summed E-state index contributed by atoms with van der Waals surface area (Å²) in [5.41, 5.74) is 10.3. The lowest BCUT2D eigenvalue weighted by atomic mass is 10.0. The molecule has 4 aromatic rings. The van der Waals surface area contributed by atoms with Crippen molar-refractivity contribution in [1.82, 2.24) is 4.98 Å². The molecule has 0 spiro atoms. The molecule has 4 rings (SSSR count). The van der Waals surface area contributed by atoms with E-state index in [-0.39, 0.29) is 0 Å². The summed E-state index contributed by atoms with van der Waals surface area (Å²) in [5, 5.41) is 5.88. The van der Waals surface area contributed by atoms with E-state index < -0.39 is 0 Å². The molecule has 3 nitrogen and oxygen atoms in total. The van der Waals surface area contributed by atoms with E-state index >= 15 is 0 Å². The summed E-state index contributed by atoms with van der Waals surface area (Å²) in [6.45, 7) is 0. The third kappa shape index (κ3) is 3.67. The van der Waals surface area contributed by atoms with Crippen LogP contribution in [0.2, 0.25) is 0 Å². The summed E-state index contributed by atoms with van der Waals surface area (Å²) in [7, 11) is 0. The Labute approximate surface area is 153 Å². The molecule has 26 heavy (non-hydrogen) atoms. The minimum Gasteiger partial charge on any atom is -0.396 e. The SMILES string of the molecule is Nc1cccnc1Nc1cccc(CCc2ccc3ccccc3c2)c1. The molecule has 0 aliphatic heterocycles. The summed E-state index contributed by atoms with van der Waals surface area (Å²) in [5.74, 6) is 0.694. The number of benzene rings is 3. The highest BCUT2D eigenvalue weighted by Gasteiger charge is 2.02. The number of anilines is 3. The van der Waals surface area contributed by atoms with Crippen molar-refractivity contribution in [3.8, 4) is 0 Å². The topological polar surface area (TPSA) is 50.9 Å². The van der Waals surface area contributed by atoms with Crippen molar-refractivity contribution in [1.29, 1.82) is 0 Å². The number of hydrogen-bond acceptors (Lipinski definition) is 3. The summed E-state index contributed by atoms with van der Waals surface area (Å²) < 4.78 is 0. The quantitative estimate of drug-likeness (QED) is 0.515. The maximum Gasteiger partial charge on any atom is 0.153 e. The fourth-order valence-corrected chi connectivity index (χ4v) is 3.15. The van der Waals surface area contributed by atoms with Crippen LogP contribution in [0.1, 0.15) is 11.1 Å². The number of nitrogens with one attached hydrogen (secondary N) is 1. The Balaban J connectivity index is 1.47. The van der Waals surface area contributed by atoms with Gasteiger partial charge in [-0.2, -0.15) is 0 Å². The van der Waals surface area contributed by atoms with Crippen LogP contribution in [0.5, 0.6) is 0 Å². The van der Waals surface area contributed by atoms with Gasteiger partial charge in [-0.1, -0.05) is 54.6 Å². The molecule has 0 radical (unpaired) electrons. The number of hydrogen-bond donors (Lipinski definition) is 2. The number of aromatic nitrogens is 1. The molecule has 3 heteroatoms. The highest BCUT2D eigenvalue weighted by molar-refractivity contribution is 5.83. The van der Waals surface area contributed by atoms with Crippen molar-refractivity contribution in [3.05, 3.63) is 96.2 Å². The number of nitrogens with two attached hydrogens (primary N) is 1. The summed E-state index contributed by atoms with van der Waals surface area (Å²) in [6.07, 6.45) is 3.74. The summed E-state index contributed by atoms with van der Waals surface area (Å²) in [6, 6.07) is 27.3. The average Bonchev–Trinajstić information content (AvgIpc) is 2.68. The Morgan fingerprint density at radius 3 is 2.38 bits per heavy atom. The lowest BCUT2D eigenvalue weighted by Gasteiger charge is -2.10. The van der Waals surface area contributed by atoms with E-state index in [0.29, 0.717) is 11.5 Å². The second-order valence-corrected chi connectivity index (χ2v) is 6.45. The van der Waals surface area contributed by atoms with Gasteiger partial charge in [0.2, 0.25) is 0 Å². The average molecular weight is 339 g/mol. The van der Waals surface area contributed by atoms with Crippen LogP contribution in [0.3, 0.4) is 0 Å². The molecule has 0 aliphatic rings. The van der Waals surface area contributed by atoms with E-state index in [9.17, 15) is 0 Å². The second kappa shape index (κ2) is 7.28. The van der Waals surface area contributed by atoms with Gasteiger partial charge in [-0.15, -0.1) is 0 Å².